The Morgan fingerprint density at radius 1 is 0.733 bits per heavy atom. The molecule has 5 aromatic carbocycles. The van der Waals surface area contributed by atoms with Crippen molar-refractivity contribution in [3.05, 3.63) is 156 Å². The van der Waals surface area contributed by atoms with Crippen LogP contribution in [0.15, 0.2) is 150 Å². The number of carbonyl (C=O) groups is 1. The van der Waals surface area contributed by atoms with Crippen molar-refractivity contribution in [2.75, 3.05) is 6.61 Å². The van der Waals surface area contributed by atoms with Gasteiger partial charge in [-0.2, -0.15) is 0 Å². The van der Waals surface area contributed by atoms with Crippen molar-refractivity contribution in [1.82, 2.24) is 9.38 Å². The third-order valence-electron chi connectivity index (χ3n) is 7.84. The Bertz CT molecular complexity index is 2100. The third-order valence-corrected chi connectivity index (χ3v) is 11.8. The number of aromatic nitrogens is 2. The summed E-state index contributed by atoms with van der Waals surface area (Å²) in [7, 11) is -2.75. The summed E-state index contributed by atoms with van der Waals surface area (Å²) in [6.07, 6.45) is 0. The second-order valence-electron chi connectivity index (χ2n) is 10.5. The van der Waals surface area contributed by atoms with Gasteiger partial charge in [0.2, 0.25) is 0 Å². The highest BCUT2D eigenvalue weighted by Crippen LogP contribution is 2.53. The molecule has 0 spiro atoms. The van der Waals surface area contributed by atoms with Gasteiger partial charge in [0.1, 0.15) is 11.4 Å². The molecular weight excluding hydrogens is 597 g/mol. The van der Waals surface area contributed by atoms with E-state index in [0.717, 1.165) is 32.5 Å². The van der Waals surface area contributed by atoms with E-state index >= 15 is 0 Å². The van der Waals surface area contributed by atoms with Gasteiger partial charge in [-0.25, -0.2) is 14.5 Å². The number of ether oxygens (including phenoxy) is 1. The smallest absolute Gasteiger partial charge is 0.343 e. The predicted molar refractivity (Wildman–Crippen MR) is 186 cm³/mol. The maximum absolute atomic E-state index is 13.6. The Kier molecular flexibility index (Phi) is 7.81. The summed E-state index contributed by atoms with van der Waals surface area (Å²) in [6, 6.07) is 49.0. The van der Waals surface area contributed by atoms with Crippen molar-refractivity contribution < 1.29 is 9.53 Å². The van der Waals surface area contributed by atoms with Gasteiger partial charge < -0.3 is 4.74 Å². The van der Waals surface area contributed by atoms with E-state index in [9.17, 15) is 4.79 Å². The van der Waals surface area contributed by atoms with E-state index in [-0.39, 0.29) is 17.2 Å². The molecule has 45 heavy (non-hydrogen) atoms. The highest BCUT2D eigenvalue weighted by molar-refractivity contribution is 7.87. The van der Waals surface area contributed by atoms with E-state index in [2.05, 4.69) is 72.8 Å². The molecule has 0 fully saturated rings. The van der Waals surface area contributed by atoms with Gasteiger partial charge in [0.15, 0.2) is 5.65 Å². The molecule has 7 heteroatoms. The van der Waals surface area contributed by atoms with E-state index in [1.165, 1.54) is 0 Å². The van der Waals surface area contributed by atoms with Gasteiger partial charge in [0.05, 0.1) is 29.7 Å². The summed E-state index contributed by atoms with van der Waals surface area (Å²) in [6.45, 7) is 1.99. The van der Waals surface area contributed by atoms with Crippen molar-refractivity contribution in [1.29, 1.82) is 0 Å². The number of carbonyl (C=O) groups excluding carboxylic acids is 1. The van der Waals surface area contributed by atoms with Crippen LogP contribution in [-0.2, 0) is 4.74 Å². The fraction of sp³-hybridized carbons (Fsp3) is 0.0526. The lowest BCUT2D eigenvalue weighted by molar-refractivity contribution is 0.0528. The van der Waals surface area contributed by atoms with E-state index in [0.29, 0.717) is 17.0 Å². The number of rotatable bonds is 7. The largest absolute Gasteiger partial charge is 0.462 e. The number of imidazole rings is 1. The van der Waals surface area contributed by atoms with E-state index in [1.807, 2.05) is 77.2 Å². The fourth-order valence-corrected chi connectivity index (χ4v) is 9.75. The number of halogens is 1. The maximum atomic E-state index is 13.6. The van der Waals surface area contributed by atoms with Crippen molar-refractivity contribution in [3.63, 3.8) is 0 Å². The second-order valence-corrected chi connectivity index (χ2v) is 13.9. The van der Waals surface area contributed by atoms with Gasteiger partial charge in [-0.15, -0.1) is 0 Å². The molecule has 5 nitrogen and oxygen atoms in total. The first kappa shape index (κ1) is 28.8. The Labute approximate surface area is 266 Å². The lowest BCUT2D eigenvalue weighted by atomic mass is 10.0. The molecule has 0 amide bonds. The van der Waals surface area contributed by atoms with Crippen LogP contribution in [0.3, 0.4) is 0 Å². The molecule has 7 aromatic rings. The van der Waals surface area contributed by atoms with Crippen LogP contribution >= 0.6 is 18.7 Å². The average molecular weight is 626 g/mol. The number of nitrogens with zero attached hydrogens (tertiary/aromatic N) is 3. The Balaban J connectivity index is 1.77. The van der Waals surface area contributed by atoms with Crippen LogP contribution in [0.25, 0.3) is 27.8 Å². The summed E-state index contributed by atoms with van der Waals surface area (Å²) in [5.41, 5.74) is 3.64. The minimum atomic E-state index is -2.75. The number of hydrogen-bond acceptors (Lipinski definition) is 4. The molecule has 0 saturated heterocycles. The second kappa shape index (κ2) is 12.2. The minimum Gasteiger partial charge on any atom is -0.462 e. The van der Waals surface area contributed by atoms with E-state index in [1.54, 1.807) is 6.92 Å². The molecule has 7 rings (SSSR count). The quantitative estimate of drug-likeness (QED) is 0.131. The maximum Gasteiger partial charge on any atom is 0.343 e. The molecule has 0 aliphatic heterocycles. The lowest BCUT2D eigenvalue weighted by Crippen LogP contribution is -2.25. The molecule has 0 unspecified atom stereocenters. The molecule has 0 aliphatic carbocycles. The van der Waals surface area contributed by atoms with Crippen LogP contribution in [0.4, 0.5) is 5.82 Å². The first-order valence-corrected chi connectivity index (χ1v) is 16.9. The molecule has 2 aromatic heterocycles. The Morgan fingerprint density at radius 2 is 1.22 bits per heavy atom. The predicted octanol–water partition coefficient (Wildman–Crippen LogP) is 8.79. The van der Waals surface area contributed by atoms with Crippen LogP contribution in [0.1, 0.15) is 17.3 Å². The standard InChI is InChI=1S/C38H29ClN3O2P/c1-2-44-38(43)34-35(39)33(27-17-7-3-8-18-27)37(42-32-26-16-15-25-31(32)40-36(34)42)41-45(28-19-9-4-10-20-28,29-21-11-5-12-22-29)30-23-13-6-14-24-30/h3-26H,2H2,1H3. The van der Waals surface area contributed by atoms with Crippen LogP contribution in [-0.4, -0.2) is 22.0 Å². The van der Waals surface area contributed by atoms with Gasteiger partial charge >= 0.3 is 5.97 Å². The third kappa shape index (κ3) is 4.95. The van der Waals surface area contributed by atoms with Crippen molar-refractivity contribution in [3.8, 4) is 11.1 Å². The summed E-state index contributed by atoms with van der Waals surface area (Å²) in [5, 5.41) is 3.52. The molecule has 0 atom stereocenters. The molecule has 0 radical (unpaired) electrons. The van der Waals surface area contributed by atoms with Crippen molar-refractivity contribution in [2.24, 2.45) is 4.74 Å². The number of fused-ring (bicyclic) bond motifs is 3. The molecule has 0 N–H and O–H groups in total. The number of hydrogen-bond donors (Lipinski definition) is 0. The van der Waals surface area contributed by atoms with Gasteiger partial charge in [-0.3, -0.25) is 4.40 Å². The fourth-order valence-electron chi connectivity index (χ4n) is 5.87. The summed E-state index contributed by atoms with van der Waals surface area (Å²) in [5.74, 6) is 0.0922. The van der Waals surface area contributed by atoms with Crippen LogP contribution in [0.2, 0.25) is 5.02 Å². The highest BCUT2D eigenvalue weighted by atomic mass is 35.5. The Hall–Kier alpha value is -4.96. The van der Waals surface area contributed by atoms with Gasteiger partial charge in [-0.05, 0) is 24.6 Å². The highest BCUT2D eigenvalue weighted by Gasteiger charge is 2.32. The number of esters is 1. The van der Waals surface area contributed by atoms with Gasteiger partial charge in [0, 0.05) is 21.5 Å². The topological polar surface area (TPSA) is 56.0 Å². The normalized spacial score (nSPS) is 11.5. The number of benzene rings is 5. The van der Waals surface area contributed by atoms with Crippen LogP contribution in [0, 0.1) is 0 Å². The van der Waals surface area contributed by atoms with E-state index in [4.69, 9.17) is 26.1 Å². The van der Waals surface area contributed by atoms with Crippen LogP contribution in [0.5, 0.6) is 0 Å². The SMILES string of the molecule is CCOC(=O)c1c(Cl)c(-c2ccccc2)c(N=P(c2ccccc2)(c2ccccc2)c2ccccc2)n2c1nc1ccccc12. The summed E-state index contributed by atoms with van der Waals surface area (Å²) in [4.78, 5) is 18.6. The molecule has 220 valence electrons. The molecule has 0 saturated carbocycles. The Morgan fingerprint density at radius 3 is 1.76 bits per heavy atom. The zero-order chi connectivity index (χ0) is 30.8. The monoisotopic (exact) mass is 625 g/mol. The zero-order valence-corrected chi connectivity index (χ0v) is 26.2. The van der Waals surface area contributed by atoms with Crippen molar-refractivity contribution in [2.45, 2.75) is 6.92 Å². The van der Waals surface area contributed by atoms with Gasteiger partial charge in [-0.1, -0.05) is 145 Å². The first-order valence-electron chi connectivity index (χ1n) is 14.8. The molecule has 0 bridgehead atoms. The summed E-state index contributed by atoms with van der Waals surface area (Å²) >= 11 is 7.35. The number of para-hydroxylation sites is 2. The van der Waals surface area contributed by atoms with Crippen molar-refractivity contribution >= 4 is 63.0 Å². The summed E-state index contributed by atoms with van der Waals surface area (Å²) < 4.78 is 13.5. The van der Waals surface area contributed by atoms with Gasteiger partial charge in [0.25, 0.3) is 0 Å². The minimum absolute atomic E-state index is 0.207. The zero-order valence-electron chi connectivity index (χ0n) is 24.5. The molecule has 2 heterocycles. The molecular formula is C38H29ClN3O2P. The average Bonchev–Trinajstić information content (AvgIpc) is 3.48. The first-order chi connectivity index (χ1) is 22.1. The number of pyridine rings is 1. The van der Waals surface area contributed by atoms with E-state index < -0.39 is 13.0 Å². The lowest BCUT2D eigenvalue weighted by Gasteiger charge is -2.28. The van der Waals surface area contributed by atoms with Crippen LogP contribution < -0.4 is 15.9 Å². The molecule has 0 aliphatic rings.